The molecule has 1 aromatic heterocycles. The summed E-state index contributed by atoms with van der Waals surface area (Å²) in [6, 6.07) is 20.9. The molecule has 36 heavy (non-hydrogen) atoms. The van der Waals surface area contributed by atoms with Crippen LogP contribution in [-0.2, 0) is 20.8 Å². The number of piperazine rings is 1. The van der Waals surface area contributed by atoms with Crippen molar-refractivity contribution in [2.24, 2.45) is 0 Å². The van der Waals surface area contributed by atoms with Gasteiger partial charge in [-0.2, -0.15) is 0 Å². The van der Waals surface area contributed by atoms with Gasteiger partial charge < -0.3 is 20.4 Å². The molecule has 0 radical (unpaired) electrons. The Labute approximate surface area is 210 Å². The van der Waals surface area contributed by atoms with Gasteiger partial charge in [-0.3, -0.25) is 14.4 Å². The van der Waals surface area contributed by atoms with Crippen LogP contribution < -0.4 is 15.5 Å². The fourth-order valence-corrected chi connectivity index (χ4v) is 4.00. The highest BCUT2D eigenvalue weighted by atomic mass is 16.2. The van der Waals surface area contributed by atoms with E-state index >= 15 is 0 Å². The van der Waals surface area contributed by atoms with Gasteiger partial charge in [0.15, 0.2) is 5.82 Å². The van der Waals surface area contributed by atoms with Crippen molar-refractivity contribution >= 4 is 29.2 Å². The maximum absolute atomic E-state index is 12.7. The zero-order chi connectivity index (χ0) is 25.3. The Bertz CT molecular complexity index is 1190. The Morgan fingerprint density at radius 2 is 1.53 bits per heavy atom. The van der Waals surface area contributed by atoms with Crippen molar-refractivity contribution in [3.63, 3.8) is 0 Å². The Hall–Kier alpha value is -4.27. The number of anilines is 2. The lowest BCUT2D eigenvalue weighted by atomic mass is 10.1. The van der Waals surface area contributed by atoms with E-state index in [1.165, 1.54) is 6.92 Å². The SMILES string of the molecule is CC(=O)NCCNc1cc(N2CCN(C(=O)C(=O)Cc3ccccc3)CC2)nc(-c2ccccc2)n1. The summed E-state index contributed by atoms with van der Waals surface area (Å²) < 4.78 is 0. The Kier molecular flexibility index (Phi) is 8.23. The van der Waals surface area contributed by atoms with Crippen molar-refractivity contribution in [3.05, 3.63) is 72.3 Å². The molecule has 186 valence electrons. The number of rotatable bonds is 9. The van der Waals surface area contributed by atoms with E-state index in [-0.39, 0.29) is 12.3 Å². The molecule has 1 fully saturated rings. The van der Waals surface area contributed by atoms with Crippen LogP contribution >= 0.6 is 0 Å². The van der Waals surface area contributed by atoms with Crippen LogP contribution in [0.1, 0.15) is 12.5 Å². The van der Waals surface area contributed by atoms with E-state index in [2.05, 4.69) is 20.5 Å². The average Bonchev–Trinajstić information content (AvgIpc) is 2.91. The number of Topliss-reactive ketones (excluding diaryl/α,β-unsaturated/α-hetero) is 1. The number of ketones is 1. The lowest BCUT2D eigenvalue weighted by molar-refractivity contribution is -0.144. The quantitative estimate of drug-likeness (QED) is 0.353. The van der Waals surface area contributed by atoms with Gasteiger partial charge in [-0.15, -0.1) is 0 Å². The highest BCUT2D eigenvalue weighted by Crippen LogP contribution is 2.23. The molecule has 0 atom stereocenters. The van der Waals surface area contributed by atoms with Gasteiger partial charge in [0.25, 0.3) is 5.91 Å². The summed E-state index contributed by atoms with van der Waals surface area (Å²) in [4.78, 5) is 49.5. The summed E-state index contributed by atoms with van der Waals surface area (Å²) in [5, 5.41) is 6.01. The van der Waals surface area contributed by atoms with Gasteiger partial charge in [-0.1, -0.05) is 60.7 Å². The van der Waals surface area contributed by atoms with E-state index in [1.54, 1.807) is 4.90 Å². The second-order valence-corrected chi connectivity index (χ2v) is 8.58. The summed E-state index contributed by atoms with van der Waals surface area (Å²) in [5.74, 6) is 1.07. The molecular formula is C27H30N6O3. The lowest BCUT2D eigenvalue weighted by Crippen LogP contribution is -2.51. The molecule has 0 aliphatic carbocycles. The number of carbonyl (C=O) groups excluding carboxylic acids is 3. The van der Waals surface area contributed by atoms with Crippen molar-refractivity contribution in [3.8, 4) is 11.4 Å². The smallest absolute Gasteiger partial charge is 0.290 e. The van der Waals surface area contributed by atoms with Gasteiger partial charge in [0.1, 0.15) is 11.6 Å². The highest BCUT2D eigenvalue weighted by Gasteiger charge is 2.27. The zero-order valence-corrected chi connectivity index (χ0v) is 20.3. The van der Waals surface area contributed by atoms with E-state index < -0.39 is 11.7 Å². The first-order valence-electron chi connectivity index (χ1n) is 12.0. The van der Waals surface area contributed by atoms with Crippen LogP contribution in [0.5, 0.6) is 0 Å². The van der Waals surface area contributed by atoms with Crippen LogP contribution in [0, 0.1) is 0 Å². The number of aromatic nitrogens is 2. The minimum absolute atomic E-state index is 0.0835. The summed E-state index contributed by atoms with van der Waals surface area (Å²) in [6.07, 6.45) is 0.111. The van der Waals surface area contributed by atoms with Crippen molar-refractivity contribution in [2.75, 3.05) is 49.5 Å². The largest absolute Gasteiger partial charge is 0.368 e. The Morgan fingerprint density at radius 1 is 0.861 bits per heavy atom. The molecule has 0 spiro atoms. The molecule has 4 rings (SSSR count). The van der Waals surface area contributed by atoms with Gasteiger partial charge in [0, 0.05) is 64.2 Å². The van der Waals surface area contributed by atoms with Gasteiger partial charge >= 0.3 is 0 Å². The fraction of sp³-hybridized carbons (Fsp3) is 0.296. The van der Waals surface area contributed by atoms with Crippen molar-refractivity contribution in [1.82, 2.24) is 20.2 Å². The number of hydrogen-bond acceptors (Lipinski definition) is 7. The molecule has 1 saturated heterocycles. The molecule has 3 aromatic rings. The van der Waals surface area contributed by atoms with Crippen molar-refractivity contribution < 1.29 is 14.4 Å². The second kappa shape index (κ2) is 11.9. The van der Waals surface area contributed by atoms with Gasteiger partial charge in [-0.05, 0) is 5.56 Å². The third kappa shape index (κ3) is 6.65. The first-order chi connectivity index (χ1) is 17.5. The number of amides is 2. The molecule has 0 saturated carbocycles. The number of benzene rings is 2. The van der Waals surface area contributed by atoms with Crippen LogP contribution in [-0.4, -0.2) is 71.7 Å². The van der Waals surface area contributed by atoms with Crippen LogP contribution in [0.3, 0.4) is 0 Å². The number of hydrogen-bond donors (Lipinski definition) is 2. The Balaban J connectivity index is 1.43. The minimum atomic E-state index is -0.438. The normalized spacial score (nSPS) is 13.2. The molecule has 2 heterocycles. The highest BCUT2D eigenvalue weighted by molar-refractivity contribution is 6.36. The van der Waals surface area contributed by atoms with Crippen LogP contribution in [0.15, 0.2) is 66.7 Å². The maximum Gasteiger partial charge on any atom is 0.290 e. The van der Waals surface area contributed by atoms with E-state index in [0.717, 1.165) is 16.9 Å². The molecule has 2 aromatic carbocycles. The second-order valence-electron chi connectivity index (χ2n) is 8.58. The molecule has 9 heteroatoms. The van der Waals surface area contributed by atoms with E-state index in [1.807, 2.05) is 66.7 Å². The zero-order valence-electron chi connectivity index (χ0n) is 20.3. The first kappa shape index (κ1) is 24.8. The van der Waals surface area contributed by atoms with Gasteiger partial charge in [0.05, 0.1) is 0 Å². The molecule has 0 unspecified atom stereocenters. The molecule has 0 bridgehead atoms. The average molecular weight is 487 g/mol. The number of nitrogens with one attached hydrogen (secondary N) is 2. The van der Waals surface area contributed by atoms with Crippen LogP contribution in [0.2, 0.25) is 0 Å². The molecular weight excluding hydrogens is 456 g/mol. The van der Waals surface area contributed by atoms with Gasteiger partial charge in [-0.25, -0.2) is 9.97 Å². The van der Waals surface area contributed by atoms with Crippen LogP contribution in [0.4, 0.5) is 11.6 Å². The van der Waals surface area contributed by atoms with E-state index in [4.69, 9.17) is 4.98 Å². The molecule has 9 nitrogen and oxygen atoms in total. The summed E-state index contributed by atoms with van der Waals surface area (Å²) in [6.45, 7) is 4.48. The number of carbonyl (C=O) groups is 3. The number of nitrogens with zero attached hydrogens (tertiary/aromatic N) is 4. The summed E-state index contributed by atoms with van der Waals surface area (Å²) >= 11 is 0. The fourth-order valence-electron chi connectivity index (χ4n) is 4.00. The molecule has 1 aliphatic rings. The third-order valence-corrected chi connectivity index (χ3v) is 5.89. The topological polar surface area (TPSA) is 108 Å². The van der Waals surface area contributed by atoms with Crippen molar-refractivity contribution in [2.45, 2.75) is 13.3 Å². The molecule has 2 N–H and O–H groups in total. The monoisotopic (exact) mass is 486 g/mol. The van der Waals surface area contributed by atoms with E-state index in [0.29, 0.717) is 50.9 Å². The predicted octanol–water partition coefficient (Wildman–Crippen LogP) is 2.15. The summed E-state index contributed by atoms with van der Waals surface area (Å²) in [7, 11) is 0. The summed E-state index contributed by atoms with van der Waals surface area (Å²) in [5.41, 5.74) is 1.73. The standard InChI is InChI=1S/C27H30N6O3/c1-20(34)28-12-13-29-24-19-25(31-26(30-24)22-10-6-3-7-11-22)32-14-16-33(17-15-32)27(36)23(35)18-21-8-4-2-5-9-21/h2-11,19H,12-18H2,1H3,(H,28,34)(H,29,30,31). The van der Waals surface area contributed by atoms with Gasteiger partial charge in [0.2, 0.25) is 11.7 Å². The first-order valence-corrected chi connectivity index (χ1v) is 12.0. The van der Waals surface area contributed by atoms with Crippen molar-refractivity contribution in [1.29, 1.82) is 0 Å². The predicted molar refractivity (Wildman–Crippen MR) is 139 cm³/mol. The maximum atomic E-state index is 12.7. The van der Waals surface area contributed by atoms with E-state index in [9.17, 15) is 14.4 Å². The third-order valence-electron chi connectivity index (χ3n) is 5.89. The lowest BCUT2D eigenvalue weighted by Gasteiger charge is -2.35. The molecule has 1 aliphatic heterocycles. The molecule has 2 amide bonds. The minimum Gasteiger partial charge on any atom is -0.368 e. The Morgan fingerprint density at radius 3 is 2.19 bits per heavy atom. The van der Waals surface area contributed by atoms with Crippen LogP contribution in [0.25, 0.3) is 11.4 Å².